The Hall–Kier alpha value is -2.37. The fourth-order valence-electron chi connectivity index (χ4n) is 3.24. The number of methoxy groups -OCH3 is 1. The fourth-order valence-corrected chi connectivity index (χ4v) is 4.27. The van der Waals surface area contributed by atoms with Crippen LogP contribution >= 0.6 is 11.3 Å². The third kappa shape index (κ3) is 3.74. The summed E-state index contributed by atoms with van der Waals surface area (Å²) in [5, 5.41) is 1.10. The number of anilines is 1. The molecule has 1 saturated heterocycles. The van der Waals surface area contributed by atoms with Crippen LogP contribution in [0.4, 0.5) is 5.13 Å². The molecule has 0 atom stereocenters. The molecule has 0 spiro atoms. The zero-order valence-corrected chi connectivity index (χ0v) is 15.8. The molecule has 0 radical (unpaired) electrons. The molecule has 0 saturated carbocycles. The van der Waals surface area contributed by atoms with E-state index in [1.807, 2.05) is 18.2 Å². The first-order chi connectivity index (χ1) is 12.8. The Kier molecular flexibility index (Phi) is 5.18. The van der Waals surface area contributed by atoms with Crippen molar-refractivity contribution >= 4 is 32.8 Å². The summed E-state index contributed by atoms with van der Waals surface area (Å²) >= 11 is 1.75. The topological polar surface area (TPSA) is 28.6 Å². The van der Waals surface area contributed by atoms with Crippen molar-refractivity contribution in [2.45, 2.75) is 0 Å². The quantitative estimate of drug-likeness (QED) is 0.679. The summed E-state index contributed by atoms with van der Waals surface area (Å²) in [7, 11) is 1.70. The Morgan fingerprint density at radius 3 is 2.62 bits per heavy atom. The van der Waals surface area contributed by atoms with Crippen LogP contribution in [0.3, 0.4) is 0 Å². The first-order valence-electron chi connectivity index (χ1n) is 8.96. The SMILES string of the molecule is COc1cccc2sc(N3CCN(C/C=C/c4ccccc4)CC3)nc12. The van der Waals surface area contributed by atoms with Crippen molar-refractivity contribution in [2.24, 2.45) is 0 Å². The smallest absolute Gasteiger partial charge is 0.186 e. The van der Waals surface area contributed by atoms with Gasteiger partial charge in [-0.25, -0.2) is 4.98 Å². The van der Waals surface area contributed by atoms with E-state index in [-0.39, 0.29) is 0 Å². The summed E-state index contributed by atoms with van der Waals surface area (Å²) in [6.45, 7) is 5.15. The van der Waals surface area contributed by atoms with Crippen LogP contribution in [-0.4, -0.2) is 49.7 Å². The van der Waals surface area contributed by atoms with Gasteiger partial charge in [-0.05, 0) is 17.7 Å². The van der Waals surface area contributed by atoms with E-state index < -0.39 is 0 Å². The number of ether oxygens (including phenoxy) is 1. The van der Waals surface area contributed by atoms with Gasteiger partial charge in [0.15, 0.2) is 5.13 Å². The Morgan fingerprint density at radius 2 is 1.85 bits per heavy atom. The molecule has 0 aliphatic carbocycles. The molecule has 0 unspecified atom stereocenters. The minimum atomic E-state index is 0.856. The number of hydrogen-bond donors (Lipinski definition) is 0. The summed E-state index contributed by atoms with van der Waals surface area (Å²) < 4.78 is 6.62. The second-order valence-corrected chi connectivity index (χ2v) is 7.41. The number of hydrogen-bond acceptors (Lipinski definition) is 5. The van der Waals surface area contributed by atoms with Crippen LogP contribution in [0.25, 0.3) is 16.3 Å². The normalized spacial score (nSPS) is 15.8. The minimum Gasteiger partial charge on any atom is -0.494 e. The van der Waals surface area contributed by atoms with E-state index in [1.165, 1.54) is 10.3 Å². The second-order valence-electron chi connectivity index (χ2n) is 6.40. The maximum atomic E-state index is 5.44. The van der Waals surface area contributed by atoms with Crippen molar-refractivity contribution in [1.82, 2.24) is 9.88 Å². The lowest BCUT2D eigenvalue weighted by atomic mass is 10.2. The van der Waals surface area contributed by atoms with Gasteiger partial charge in [-0.2, -0.15) is 0 Å². The predicted octanol–water partition coefficient (Wildman–Crippen LogP) is 4.14. The summed E-state index contributed by atoms with van der Waals surface area (Å²) in [4.78, 5) is 9.70. The molecule has 2 heterocycles. The Balaban J connectivity index is 1.35. The van der Waals surface area contributed by atoms with E-state index in [2.05, 4.69) is 52.3 Å². The van der Waals surface area contributed by atoms with Crippen molar-refractivity contribution in [3.8, 4) is 5.75 Å². The molecule has 0 amide bonds. The molecule has 0 N–H and O–H groups in total. The van der Waals surface area contributed by atoms with Crippen molar-refractivity contribution in [1.29, 1.82) is 0 Å². The lowest BCUT2D eigenvalue weighted by Crippen LogP contribution is -2.46. The Morgan fingerprint density at radius 1 is 1.04 bits per heavy atom. The zero-order valence-electron chi connectivity index (χ0n) is 15.0. The molecular weight excluding hydrogens is 342 g/mol. The largest absolute Gasteiger partial charge is 0.494 e. The molecule has 3 aromatic rings. The fraction of sp³-hybridized carbons (Fsp3) is 0.286. The monoisotopic (exact) mass is 365 g/mol. The molecule has 0 bridgehead atoms. The number of aromatic nitrogens is 1. The highest BCUT2D eigenvalue weighted by Crippen LogP contribution is 2.34. The van der Waals surface area contributed by atoms with Crippen molar-refractivity contribution in [3.05, 3.63) is 60.2 Å². The van der Waals surface area contributed by atoms with Crippen LogP contribution in [0.5, 0.6) is 5.75 Å². The molecule has 4 nitrogen and oxygen atoms in total. The van der Waals surface area contributed by atoms with Gasteiger partial charge in [0.05, 0.1) is 11.8 Å². The highest BCUT2D eigenvalue weighted by molar-refractivity contribution is 7.22. The van der Waals surface area contributed by atoms with Crippen LogP contribution in [-0.2, 0) is 0 Å². The maximum Gasteiger partial charge on any atom is 0.186 e. The van der Waals surface area contributed by atoms with Crippen LogP contribution in [0.2, 0.25) is 0 Å². The number of piperazine rings is 1. The predicted molar refractivity (Wildman–Crippen MR) is 110 cm³/mol. The first-order valence-corrected chi connectivity index (χ1v) is 9.77. The number of nitrogens with zero attached hydrogens (tertiary/aromatic N) is 3. The highest BCUT2D eigenvalue weighted by Gasteiger charge is 2.19. The standard InChI is InChI=1S/C21H23N3OS/c1-25-18-10-5-11-19-20(18)22-21(26-19)24-15-13-23(14-16-24)12-6-9-17-7-3-2-4-8-17/h2-11H,12-16H2,1H3/b9-6+. The van der Waals surface area contributed by atoms with Gasteiger partial charge in [0, 0.05) is 32.7 Å². The van der Waals surface area contributed by atoms with Gasteiger partial charge in [-0.1, -0.05) is 59.9 Å². The number of benzene rings is 2. The van der Waals surface area contributed by atoms with Crippen LogP contribution in [0, 0.1) is 0 Å². The van der Waals surface area contributed by atoms with E-state index in [0.29, 0.717) is 0 Å². The maximum absolute atomic E-state index is 5.44. The lowest BCUT2D eigenvalue weighted by molar-refractivity contribution is 0.284. The second kappa shape index (κ2) is 7.89. The molecule has 1 aliphatic heterocycles. The molecule has 1 aliphatic rings. The molecular formula is C21H23N3OS. The summed E-state index contributed by atoms with van der Waals surface area (Å²) in [5.74, 6) is 0.856. The molecule has 1 aromatic heterocycles. The van der Waals surface area contributed by atoms with Crippen molar-refractivity contribution in [2.75, 3.05) is 44.7 Å². The zero-order chi connectivity index (χ0) is 17.8. The molecule has 5 heteroatoms. The van der Waals surface area contributed by atoms with Gasteiger partial charge in [0.2, 0.25) is 0 Å². The lowest BCUT2D eigenvalue weighted by Gasteiger charge is -2.33. The number of fused-ring (bicyclic) bond motifs is 1. The van der Waals surface area contributed by atoms with Gasteiger partial charge in [0.1, 0.15) is 11.3 Å². The van der Waals surface area contributed by atoms with E-state index in [4.69, 9.17) is 9.72 Å². The van der Waals surface area contributed by atoms with E-state index in [0.717, 1.165) is 49.1 Å². The molecule has 1 fully saturated rings. The summed E-state index contributed by atoms with van der Waals surface area (Å²) in [6.07, 6.45) is 4.46. The number of rotatable bonds is 5. The van der Waals surface area contributed by atoms with E-state index >= 15 is 0 Å². The van der Waals surface area contributed by atoms with Gasteiger partial charge >= 0.3 is 0 Å². The van der Waals surface area contributed by atoms with Gasteiger partial charge in [0.25, 0.3) is 0 Å². The first kappa shape index (κ1) is 17.1. The average molecular weight is 366 g/mol. The van der Waals surface area contributed by atoms with Gasteiger partial charge < -0.3 is 9.64 Å². The molecule has 134 valence electrons. The molecule has 26 heavy (non-hydrogen) atoms. The van der Waals surface area contributed by atoms with Crippen LogP contribution < -0.4 is 9.64 Å². The van der Waals surface area contributed by atoms with Gasteiger partial charge in [-0.3, -0.25) is 4.90 Å². The van der Waals surface area contributed by atoms with Crippen LogP contribution in [0.15, 0.2) is 54.6 Å². The Bertz CT molecular complexity index is 883. The van der Waals surface area contributed by atoms with Crippen molar-refractivity contribution in [3.63, 3.8) is 0 Å². The summed E-state index contributed by atoms with van der Waals surface area (Å²) in [6, 6.07) is 16.6. The minimum absolute atomic E-state index is 0.856. The third-order valence-electron chi connectivity index (χ3n) is 4.71. The number of para-hydroxylation sites is 1. The third-order valence-corrected chi connectivity index (χ3v) is 5.79. The molecule has 2 aromatic carbocycles. The van der Waals surface area contributed by atoms with E-state index in [9.17, 15) is 0 Å². The van der Waals surface area contributed by atoms with Gasteiger partial charge in [-0.15, -0.1) is 0 Å². The Labute approximate surface area is 158 Å². The van der Waals surface area contributed by atoms with Crippen LogP contribution in [0.1, 0.15) is 5.56 Å². The molecule has 4 rings (SSSR count). The highest BCUT2D eigenvalue weighted by atomic mass is 32.1. The van der Waals surface area contributed by atoms with E-state index in [1.54, 1.807) is 18.4 Å². The van der Waals surface area contributed by atoms with Crippen molar-refractivity contribution < 1.29 is 4.74 Å². The average Bonchev–Trinajstić information content (AvgIpc) is 3.14. The summed E-state index contributed by atoms with van der Waals surface area (Å²) in [5.41, 5.74) is 2.23. The number of thiazole rings is 1.